The van der Waals surface area contributed by atoms with Crippen LogP contribution in [0.2, 0.25) is 5.02 Å². The van der Waals surface area contributed by atoms with Gasteiger partial charge in [0.1, 0.15) is 11.0 Å². The number of non-ortho nitro benzene ring substituents is 1. The highest BCUT2D eigenvalue weighted by atomic mass is 35.5. The van der Waals surface area contributed by atoms with E-state index in [9.17, 15) is 24.5 Å². The molecule has 2 amide bonds. The van der Waals surface area contributed by atoms with Gasteiger partial charge in [-0.05, 0) is 49.6 Å². The Hall–Kier alpha value is -4.08. The van der Waals surface area contributed by atoms with Crippen LogP contribution < -0.4 is 10.6 Å². The Labute approximate surface area is 228 Å². The van der Waals surface area contributed by atoms with Crippen LogP contribution >= 0.6 is 11.6 Å². The molecule has 196 valence electrons. The van der Waals surface area contributed by atoms with E-state index in [1.165, 1.54) is 24.3 Å². The Kier molecular flexibility index (Phi) is 4.90. The number of rotatable bonds is 3. The van der Waals surface area contributed by atoms with Gasteiger partial charge in [0.25, 0.3) is 5.69 Å². The minimum Gasteiger partial charge on any atom is -0.325 e. The number of benzene rings is 3. The molecule has 4 atom stereocenters. The van der Waals surface area contributed by atoms with Gasteiger partial charge in [-0.15, -0.1) is 0 Å². The molecule has 9 nitrogen and oxygen atoms in total. The number of fused-ring (bicyclic) bond motifs is 7. The van der Waals surface area contributed by atoms with Gasteiger partial charge in [-0.1, -0.05) is 48.0 Å². The lowest BCUT2D eigenvalue weighted by atomic mass is 9.60. The fraction of sp³-hybridized carbons (Fsp3) is 0.276. The van der Waals surface area contributed by atoms with Gasteiger partial charge < -0.3 is 10.6 Å². The number of nitro groups is 1. The number of amides is 2. The smallest absolute Gasteiger partial charge is 0.270 e. The zero-order valence-corrected chi connectivity index (χ0v) is 21.6. The summed E-state index contributed by atoms with van der Waals surface area (Å²) < 4.78 is 0. The molecule has 7 rings (SSSR count). The molecule has 10 heteroatoms. The van der Waals surface area contributed by atoms with Gasteiger partial charge >= 0.3 is 0 Å². The summed E-state index contributed by atoms with van der Waals surface area (Å²) in [6.07, 6.45) is 1.36. The number of nitrogens with one attached hydrogen (secondary N) is 2. The third-order valence-corrected chi connectivity index (χ3v) is 9.51. The van der Waals surface area contributed by atoms with Gasteiger partial charge in [-0.25, -0.2) is 0 Å². The van der Waals surface area contributed by atoms with E-state index in [2.05, 4.69) is 10.6 Å². The van der Waals surface area contributed by atoms with E-state index in [1.807, 2.05) is 30.0 Å². The quantitative estimate of drug-likeness (QED) is 0.284. The van der Waals surface area contributed by atoms with Crippen LogP contribution in [-0.4, -0.2) is 40.0 Å². The highest BCUT2D eigenvalue weighted by Gasteiger charge is 2.78. The zero-order valence-electron chi connectivity index (χ0n) is 20.9. The summed E-state index contributed by atoms with van der Waals surface area (Å²) >= 11 is 6.44. The summed E-state index contributed by atoms with van der Waals surface area (Å²) in [7, 11) is 0. The molecule has 4 aliphatic heterocycles. The lowest BCUT2D eigenvalue weighted by Gasteiger charge is -2.38. The Balaban J connectivity index is 1.58. The first-order valence-electron chi connectivity index (χ1n) is 12.8. The standard InChI is InChI=1S/C29H23ClN4O5/c1-15-20(30)12-11-19-23(15)32-27(37)29(19)25(24(35)16-6-4-7-17(14-16)34(38)39)28(22-10-5-13-33(22)29)18-8-2-3-9-21(18)31-26(28)36/h2-4,6-9,11-12,14,22,25H,5,10,13H2,1H3,(H,31,36)(H,32,37)/t22-,25+,28-,29-/m0/s1. The zero-order chi connectivity index (χ0) is 27.3. The number of anilines is 2. The molecular weight excluding hydrogens is 520 g/mol. The maximum atomic E-state index is 14.8. The predicted octanol–water partition coefficient (Wildman–Crippen LogP) is 4.57. The monoisotopic (exact) mass is 542 g/mol. The van der Waals surface area contributed by atoms with Crippen molar-refractivity contribution in [3.05, 3.63) is 98.1 Å². The average Bonchev–Trinajstić information content (AvgIpc) is 3.65. The number of para-hydroxylation sites is 1. The topological polar surface area (TPSA) is 122 Å². The summed E-state index contributed by atoms with van der Waals surface area (Å²) in [6, 6.07) is 15.8. The van der Waals surface area contributed by atoms with Crippen molar-refractivity contribution in [1.82, 2.24) is 4.90 Å². The third-order valence-electron chi connectivity index (χ3n) is 9.10. The Morgan fingerprint density at radius 1 is 1.05 bits per heavy atom. The molecule has 0 saturated carbocycles. The van der Waals surface area contributed by atoms with Crippen LogP contribution in [0, 0.1) is 23.0 Å². The van der Waals surface area contributed by atoms with E-state index in [0.29, 0.717) is 46.1 Å². The fourth-order valence-corrected chi connectivity index (χ4v) is 7.83. The van der Waals surface area contributed by atoms with Crippen LogP contribution in [0.5, 0.6) is 0 Å². The van der Waals surface area contributed by atoms with E-state index in [0.717, 1.165) is 6.42 Å². The summed E-state index contributed by atoms with van der Waals surface area (Å²) in [5, 5.41) is 18.1. The molecule has 0 aromatic heterocycles. The van der Waals surface area contributed by atoms with Gasteiger partial charge in [-0.2, -0.15) is 0 Å². The summed E-state index contributed by atoms with van der Waals surface area (Å²) in [5.74, 6) is -2.42. The van der Waals surface area contributed by atoms with E-state index < -0.39 is 39.5 Å². The molecule has 0 bridgehead atoms. The maximum Gasteiger partial charge on any atom is 0.270 e. The van der Waals surface area contributed by atoms with Gasteiger partial charge in [0.2, 0.25) is 11.8 Å². The summed E-state index contributed by atoms with van der Waals surface area (Å²) in [5.41, 5.74) is 0.0279. The van der Waals surface area contributed by atoms with Crippen molar-refractivity contribution in [3.8, 4) is 0 Å². The van der Waals surface area contributed by atoms with E-state index in [-0.39, 0.29) is 17.2 Å². The molecule has 0 aliphatic carbocycles. The van der Waals surface area contributed by atoms with Gasteiger partial charge in [0.15, 0.2) is 5.78 Å². The molecule has 3 aromatic carbocycles. The molecule has 2 fully saturated rings. The van der Waals surface area contributed by atoms with Crippen molar-refractivity contribution < 1.29 is 19.3 Å². The van der Waals surface area contributed by atoms with Crippen LogP contribution in [-0.2, 0) is 20.5 Å². The largest absolute Gasteiger partial charge is 0.325 e. The average molecular weight is 543 g/mol. The van der Waals surface area contributed by atoms with Gasteiger partial charge in [0.05, 0.1) is 16.5 Å². The predicted molar refractivity (Wildman–Crippen MR) is 144 cm³/mol. The first-order chi connectivity index (χ1) is 18.7. The number of Topliss-reactive ketones (excluding diaryl/α,β-unsaturated/α-hetero) is 1. The second-order valence-electron chi connectivity index (χ2n) is 10.6. The molecular formula is C29H23ClN4O5. The van der Waals surface area contributed by atoms with Crippen molar-refractivity contribution in [2.75, 3.05) is 17.2 Å². The Morgan fingerprint density at radius 3 is 2.64 bits per heavy atom. The van der Waals surface area contributed by atoms with Crippen LogP contribution in [0.25, 0.3) is 0 Å². The molecule has 3 aromatic rings. The second-order valence-corrected chi connectivity index (χ2v) is 11.0. The second kappa shape index (κ2) is 7.97. The number of hydrogen-bond acceptors (Lipinski definition) is 6. The van der Waals surface area contributed by atoms with Crippen molar-refractivity contribution in [1.29, 1.82) is 0 Å². The molecule has 4 heterocycles. The van der Waals surface area contributed by atoms with Crippen LogP contribution in [0.15, 0.2) is 60.7 Å². The fourth-order valence-electron chi connectivity index (χ4n) is 7.67. The third kappa shape index (κ3) is 2.76. The maximum absolute atomic E-state index is 14.8. The number of halogens is 1. The van der Waals surface area contributed by atoms with Crippen molar-refractivity contribution >= 4 is 46.3 Å². The molecule has 0 radical (unpaired) electrons. The minimum atomic E-state index is -1.51. The molecule has 4 aliphatic rings. The number of nitro benzene ring substituents is 1. The van der Waals surface area contributed by atoms with Gasteiger partial charge in [0, 0.05) is 40.0 Å². The SMILES string of the molecule is Cc1c(Cl)ccc2c1NC(=O)[C@@]21[C@H](C(=O)c2cccc([N+](=O)[O-])c2)[C@@]2(C(=O)Nc3ccccc32)[C@@H]2CCCN21. The van der Waals surface area contributed by atoms with E-state index in [4.69, 9.17) is 11.6 Å². The molecule has 0 unspecified atom stereocenters. The van der Waals surface area contributed by atoms with E-state index >= 15 is 0 Å². The molecule has 39 heavy (non-hydrogen) atoms. The van der Waals surface area contributed by atoms with Gasteiger partial charge in [-0.3, -0.25) is 29.4 Å². The molecule has 2 spiro atoms. The highest BCUT2D eigenvalue weighted by molar-refractivity contribution is 6.32. The Morgan fingerprint density at radius 2 is 1.85 bits per heavy atom. The summed E-state index contributed by atoms with van der Waals surface area (Å²) in [4.78, 5) is 56.5. The van der Waals surface area contributed by atoms with Crippen LogP contribution in [0.3, 0.4) is 0 Å². The van der Waals surface area contributed by atoms with E-state index in [1.54, 1.807) is 18.2 Å². The molecule has 2 saturated heterocycles. The minimum absolute atomic E-state index is 0.0817. The van der Waals surface area contributed by atoms with Crippen LogP contribution in [0.4, 0.5) is 17.1 Å². The number of carbonyl (C=O) groups is 3. The molecule has 2 N–H and O–H groups in total. The number of nitrogens with zero attached hydrogens (tertiary/aromatic N) is 2. The van der Waals surface area contributed by atoms with Crippen molar-refractivity contribution in [2.45, 2.75) is 36.8 Å². The number of carbonyl (C=O) groups excluding carboxylic acids is 3. The van der Waals surface area contributed by atoms with Crippen molar-refractivity contribution in [3.63, 3.8) is 0 Å². The first-order valence-corrected chi connectivity index (χ1v) is 13.2. The van der Waals surface area contributed by atoms with Crippen LogP contribution in [0.1, 0.15) is 39.9 Å². The number of ketones is 1. The highest BCUT2D eigenvalue weighted by Crippen LogP contribution is 2.66. The first kappa shape index (κ1) is 24.0. The lowest BCUT2D eigenvalue weighted by molar-refractivity contribution is -0.384. The van der Waals surface area contributed by atoms with Crippen molar-refractivity contribution in [2.24, 2.45) is 5.92 Å². The normalized spacial score (nSPS) is 28.4. The summed E-state index contributed by atoms with van der Waals surface area (Å²) in [6.45, 7) is 2.32. The Bertz CT molecular complexity index is 1660. The lowest BCUT2D eigenvalue weighted by Crippen LogP contribution is -2.55. The number of hydrogen-bond donors (Lipinski definition) is 2.